The van der Waals surface area contributed by atoms with Crippen LogP contribution in [-0.4, -0.2) is 60.5 Å². The van der Waals surface area contributed by atoms with E-state index in [-0.39, 0.29) is 36.4 Å². The molecule has 2 amide bonds. The molecule has 2 unspecified atom stereocenters. The van der Waals surface area contributed by atoms with Gasteiger partial charge in [-0.05, 0) is 18.8 Å². The van der Waals surface area contributed by atoms with Gasteiger partial charge in [-0.25, -0.2) is 0 Å². The maximum Gasteiger partial charge on any atom is 0.246 e. The minimum Gasteiger partial charge on any atom is -0.383 e. The zero-order valence-electron chi connectivity index (χ0n) is 11.4. The molecular weight excluding hydrogens is 232 g/mol. The van der Waals surface area contributed by atoms with E-state index in [9.17, 15) is 9.59 Å². The zero-order chi connectivity index (χ0) is 13.3. The minimum absolute atomic E-state index is 0.00537. The number of amides is 2. The Balaban J connectivity index is 2.17. The lowest BCUT2D eigenvalue weighted by atomic mass is 10.00. The minimum atomic E-state index is -0.218. The molecular formula is C13H22N2O3. The summed E-state index contributed by atoms with van der Waals surface area (Å²) >= 11 is 0. The van der Waals surface area contributed by atoms with Crippen LogP contribution in [0.2, 0.25) is 0 Å². The van der Waals surface area contributed by atoms with Crippen LogP contribution >= 0.6 is 0 Å². The summed E-state index contributed by atoms with van der Waals surface area (Å²) < 4.78 is 5.19. The predicted octanol–water partition coefficient (Wildman–Crippen LogP) is 0.491. The molecule has 2 atom stereocenters. The summed E-state index contributed by atoms with van der Waals surface area (Å²) in [7, 11) is 1.63. The molecule has 0 aromatic heterocycles. The molecule has 5 heteroatoms. The number of carbonyl (C=O) groups excluding carboxylic acids is 2. The van der Waals surface area contributed by atoms with Gasteiger partial charge in [0.25, 0.3) is 0 Å². The summed E-state index contributed by atoms with van der Waals surface area (Å²) in [5.41, 5.74) is 0. The van der Waals surface area contributed by atoms with Crippen LogP contribution in [0.25, 0.3) is 0 Å². The summed E-state index contributed by atoms with van der Waals surface area (Å²) in [6.07, 6.45) is 1.74. The van der Waals surface area contributed by atoms with E-state index in [0.29, 0.717) is 6.61 Å². The van der Waals surface area contributed by atoms with Crippen molar-refractivity contribution in [3.63, 3.8) is 0 Å². The first-order valence-corrected chi connectivity index (χ1v) is 6.65. The average Bonchev–Trinajstić information content (AvgIpc) is 2.80. The van der Waals surface area contributed by atoms with Crippen molar-refractivity contribution in [1.82, 2.24) is 9.80 Å². The first-order valence-electron chi connectivity index (χ1n) is 6.65. The van der Waals surface area contributed by atoms with Gasteiger partial charge >= 0.3 is 0 Å². The molecule has 0 aromatic rings. The second kappa shape index (κ2) is 5.26. The number of carbonyl (C=O) groups is 2. The van der Waals surface area contributed by atoms with E-state index in [1.165, 1.54) is 0 Å². The Hall–Kier alpha value is -1.10. The fourth-order valence-corrected chi connectivity index (χ4v) is 2.92. The highest BCUT2D eigenvalue weighted by atomic mass is 16.5. The Morgan fingerprint density at radius 2 is 2.11 bits per heavy atom. The molecule has 2 fully saturated rings. The van der Waals surface area contributed by atoms with E-state index >= 15 is 0 Å². The molecule has 18 heavy (non-hydrogen) atoms. The Bertz CT molecular complexity index is 343. The Morgan fingerprint density at radius 1 is 1.39 bits per heavy atom. The predicted molar refractivity (Wildman–Crippen MR) is 67.0 cm³/mol. The van der Waals surface area contributed by atoms with Gasteiger partial charge in [-0.2, -0.15) is 0 Å². The summed E-state index contributed by atoms with van der Waals surface area (Å²) in [6.45, 7) is 5.55. The molecule has 2 aliphatic rings. The largest absolute Gasteiger partial charge is 0.383 e. The van der Waals surface area contributed by atoms with E-state index in [0.717, 1.165) is 19.4 Å². The van der Waals surface area contributed by atoms with Gasteiger partial charge in [-0.3, -0.25) is 9.59 Å². The van der Waals surface area contributed by atoms with Crippen molar-refractivity contribution in [2.24, 2.45) is 5.92 Å². The molecule has 2 saturated heterocycles. The second-order valence-electron chi connectivity index (χ2n) is 5.48. The van der Waals surface area contributed by atoms with Crippen molar-refractivity contribution in [3.05, 3.63) is 0 Å². The lowest BCUT2D eigenvalue weighted by molar-refractivity contribution is -0.157. The van der Waals surface area contributed by atoms with E-state index in [1.54, 1.807) is 16.9 Å². The van der Waals surface area contributed by atoms with Crippen LogP contribution in [-0.2, 0) is 14.3 Å². The first-order chi connectivity index (χ1) is 8.56. The zero-order valence-corrected chi connectivity index (χ0v) is 11.4. The molecule has 0 N–H and O–H groups in total. The van der Waals surface area contributed by atoms with Crippen LogP contribution in [0.5, 0.6) is 0 Å². The van der Waals surface area contributed by atoms with Crippen molar-refractivity contribution in [3.8, 4) is 0 Å². The van der Waals surface area contributed by atoms with Gasteiger partial charge < -0.3 is 14.5 Å². The standard InChI is InChI=1S/C13H22N2O3/c1-9(2)11(8-18-3)15-7-12(16)14-6-4-5-10(14)13(15)17/h9-11H,4-8H2,1-3H3. The molecule has 0 spiro atoms. The average molecular weight is 254 g/mol. The highest BCUT2D eigenvalue weighted by molar-refractivity contribution is 5.95. The van der Waals surface area contributed by atoms with Crippen LogP contribution in [0.1, 0.15) is 26.7 Å². The number of nitrogens with zero attached hydrogens (tertiary/aromatic N) is 2. The van der Waals surface area contributed by atoms with Crippen LogP contribution in [0, 0.1) is 5.92 Å². The molecule has 2 heterocycles. The van der Waals surface area contributed by atoms with Crippen molar-refractivity contribution >= 4 is 11.8 Å². The molecule has 0 radical (unpaired) electrons. The van der Waals surface area contributed by atoms with E-state index < -0.39 is 0 Å². The normalized spacial score (nSPS) is 25.9. The van der Waals surface area contributed by atoms with Crippen molar-refractivity contribution in [2.75, 3.05) is 26.8 Å². The third-order valence-electron chi connectivity index (χ3n) is 3.95. The van der Waals surface area contributed by atoms with Gasteiger partial charge in [0, 0.05) is 13.7 Å². The van der Waals surface area contributed by atoms with Crippen LogP contribution in [0.4, 0.5) is 0 Å². The molecule has 2 aliphatic heterocycles. The Labute approximate surface area is 108 Å². The molecule has 5 nitrogen and oxygen atoms in total. The number of rotatable bonds is 4. The third kappa shape index (κ3) is 2.23. The second-order valence-corrected chi connectivity index (χ2v) is 5.48. The number of hydrogen-bond donors (Lipinski definition) is 0. The van der Waals surface area contributed by atoms with Gasteiger partial charge in [0.05, 0.1) is 12.6 Å². The maximum absolute atomic E-state index is 12.4. The first kappa shape index (κ1) is 13.3. The Kier molecular flexibility index (Phi) is 3.90. The van der Waals surface area contributed by atoms with E-state index in [1.807, 2.05) is 0 Å². The summed E-state index contributed by atoms with van der Waals surface area (Å²) in [6, 6.07) is -0.224. The molecule has 0 aromatic carbocycles. The lowest BCUT2D eigenvalue weighted by Crippen LogP contribution is -2.61. The highest BCUT2D eigenvalue weighted by Gasteiger charge is 2.44. The van der Waals surface area contributed by atoms with Gasteiger partial charge in [-0.1, -0.05) is 13.8 Å². The fourth-order valence-electron chi connectivity index (χ4n) is 2.92. The van der Waals surface area contributed by atoms with Crippen molar-refractivity contribution in [2.45, 2.75) is 38.8 Å². The number of hydrogen-bond acceptors (Lipinski definition) is 3. The number of methoxy groups -OCH3 is 1. The van der Waals surface area contributed by atoms with Gasteiger partial charge in [0.1, 0.15) is 12.6 Å². The van der Waals surface area contributed by atoms with Crippen LogP contribution in [0.3, 0.4) is 0 Å². The van der Waals surface area contributed by atoms with Gasteiger partial charge in [0.15, 0.2) is 0 Å². The molecule has 0 bridgehead atoms. The van der Waals surface area contributed by atoms with Crippen molar-refractivity contribution < 1.29 is 14.3 Å². The number of ether oxygens (including phenoxy) is 1. The number of fused-ring (bicyclic) bond motifs is 1. The third-order valence-corrected chi connectivity index (χ3v) is 3.95. The molecule has 0 aliphatic carbocycles. The molecule has 102 valence electrons. The summed E-state index contributed by atoms with van der Waals surface area (Å²) in [5.74, 6) is 0.469. The smallest absolute Gasteiger partial charge is 0.246 e. The topological polar surface area (TPSA) is 49.9 Å². The lowest BCUT2D eigenvalue weighted by Gasteiger charge is -2.41. The number of piperazine rings is 1. The molecule has 0 saturated carbocycles. The summed E-state index contributed by atoms with van der Waals surface area (Å²) in [5, 5.41) is 0. The van der Waals surface area contributed by atoms with Crippen LogP contribution < -0.4 is 0 Å². The monoisotopic (exact) mass is 254 g/mol. The van der Waals surface area contributed by atoms with E-state index in [4.69, 9.17) is 4.74 Å². The van der Waals surface area contributed by atoms with Gasteiger partial charge in [0.2, 0.25) is 11.8 Å². The maximum atomic E-state index is 12.4. The SMILES string of the molecule is COCC(C(C)C)N1CC(=O)N2CCCC2C1=O. The van der Waals surface area contributed by atoms with Gasteiger partial charge in [-0.15, -0.1) is 0 Å². The highest BCUT2D eigenvalue weighted by Crippen LogP contribution is 2.26. The quantitative estimate of drug-likeness (QED) is 0.733. The van der Waals surface area contributed by atoms with E-state index in [2.05, 4.69) is 13.8 Å². The summed E-state index contributed by atoms with van der Waals surface area (Å²) in [4.78, 5) is 28.0. The molecule has 2 rings (SSSR count). The Morgan fingerprint density at radius 3 is 2.72 bits per heavy atom. The fraction of sp³-hybridized carbons (Fsp3) is 0.846. The van der Waals surface area contributed by atoms with Crippen molar-refractivity contribution in [1.29, 1.82) is 0 Å². The van der Waals surface area contributed by atoms with Crippen LogP contribution in [0.15, 0.2) is 0 Å².